The van der Waals surface area contributed by atoms with Crippen molar-refractivity contribution in [2.75, 3.05) is 0 Å². The lowest BCUT2D eigenvalue weighted by Crippen LogP contribution is -2.12. The summed E-state index contributed by atoms with van der Waals surface area (Å²) in [5.41, 5.74) is -0.456. The number of rotatable bonds is 4. The molecule has 4 N–H and O–H groups in total. The summed E-state index contributed by atoms with van der Waals surface area (Å²) < 4.78 is 5.63. The number of benzene rings is 2. The molecule has 0 bridgehead atoms. The zero-order valence-electron chi connectivity index (χ0n) is 13.4. The van der Waals surface area contributed by atoms with E-state index >= 15 is 0 Å². The molecule has 7 heteroatoms. The molecule has 0 saturated heterocycles. The third-order valence-corrected chi connectivity index (χ3v) is 3.86. The van der Waals surface area contributed by atoms with E-state index in [1.807, 2.05) is 0 Å². The first-order valence-corrected chi connectivity index (χ1v) is 7.50. The van der Waals surface area contributed by atoms with Crippen LogP contribution in [0.1, 0.15) is 5.76 Å². The lowest BCUT2D eigenvalue weighted by molar-refractivity contribution is -0.132. The highest BCUT2D eigenvalue weighted by Crippen LogP contribution is 2.33. The van der Waals surface area contributed by atoms with Crippen LogP contribution in [0.2, 0.25) is 0 Å². The van der Waals surface area contributed by atoms with Gasteiger partial charge >= 0.3 is 5.97 Å². The highest BCUT2D eigenvalue weighted by atomic mass is 16.4. The highest BCUT2D eigenvalue weighted by molar-refractivity contribution is 5.90. The van der Waals surface area contributed by atoms with Crippen LogP contribution in [-0.2, 0) is 11.2 Å². The minimum Gasteiger partial charge on any atom is -0.508 e. The Morgan fingerprint density at radius 3 is 2.31 bits per heavy atom. The molecule has 0 unspecified atom stereocenters. The first-order valence-electron chi connectivity index (χ1n) is 7.50. The fraction of sp³-hybridized carbons (Fsp3) is 0.0526. The lowest BCUT2D eigenvalue weighted by atomic mass is 9.98. The molecule has 26 heavy (non-hydrogen) atoms. The summed E-state index contributed by atoms with van der Waals surface area (Å²) in [5.74, 6) is -2.01. The number of carbonyl (C=O) groups is 1. The summed E-state index contributed by atoms with van der Waals surface area (Å²) in [6.07, 6.45) is -0.257. The van der Waals surface area contributed by atoms with E-state index in [1.165, 1.54) is 24.3 Å². The lowest BCUT2D eigenvalue weighted by Gasteiger charge is -2.11. The third-order valence-electron chi connectivity index (χ3n) is 3.86. The van der Waals surface area contributed by atoms with Gasteiger partial charge in [-0.1, -0.05) is 18.7 Å². The van der Waals surface area contributed by atoms with Crippen molar-refractivity contribution in [3.8, 4) is 28.4 Å². The predicted molar refractivity (Wildman–Crippen MR) is 93.4 cm³/mol. The number of carboxylic acid groups (broad SMARTS) is 1. The molecule has 0 aliphatic rings. The smallest absolute Gasteiger partial charge is 0.331 e. The van der Waals surface area contributed by atoms with Gasteiger partial charge < -0.3 is 24.8 Å². The maximum atomic E-state index is 13.0. The second kappa shape index (κ2) is 6.29. The maximum absolute atomic E-state index is 13.0. The van der Waals surface area contributed by atoms with Crippen LogP contribution in [0.25, 0.3) is 22.1 Å². The van der Waals surface area contributed by atoms with Crippen LogP contribution in [0.3, 0.4) is 0 Å². The normalized spacial score (nSPS) is 10.8. The van der Waals surface area contributed by atoms with Gasteiger partial charge in [0.05, 0.1) is 5.56 Å². The molecule has 0 fully saturated rings. The molecule has 3 aromatic rings. The molecule has 0 atom stereocenters. The van der Waals surface area contributed by atoms with Gasteiger partial charge in [0.2, 0.25) is 5.43 Å². The van der Waals surface area contributed by atoms with E-state index in [1.54, 1.807) is 0 Å². The minimum atomic E-state index is -1.25. The average Bonchev–Trinajstić information content (AvgIpc) is 2.55. The topological polar surface area (TPSA) is 128 Å². The molecule has 0 aliphatic heterocycles. The van der Waals surface area contributed by atoms with Gasteiger partial charge in [0.1, 0.15) is 34.0 Å². The second-order valence-corrected chi connectivity index (χ2v) is 5.70. The van der Waals surface area contributed by atoms with Crippen LogP contribution in [0.15, 0.2) is 57.8 Å². The molecule has 1 heterocycles. The number of aromatic hydroxyl groups is 3. The molecular weight excluding hydrogens is 340 g/mol. The number of phenols is 3. The number of phenolic OH excluding ortho intramolecular Hbond substituents is 3. The van der Waals surface area contributed by atoms with E-state index in [0.29, 0.717) is 5.56 Å². The molecule has 0 radical (unpaired) electrons. The fourth-order valence-electron chi connectivity index (χ4n) is 2.64. The van der Waals surface area contributed by atoms with E-state index in [2.05, 4.69) is 6.58 Å². The Bertz CT molecular complexity index is 1090. The number of carboxylic acids is 1. The molecule has 0 aliphatic carbocycles. The zero-order chi connectivity index (χ0) is 19.0. The Labute approximate surface area is 146 Å². The van der Waals surface area contributed by atoms with Gasteiger partial charge in [0.15, 0.2) is 0 Å². The summed E-state index contributed by atoms with van der Waals surface area (Å²) in [6, 6.07) is 7.84. The summed E-state index contributed by atoms with van der Waals surface area (Å²) in [7, 11) is 0. The SMILES string of the molecule is C=C(Cc1oc2cc(O)cc(O)c2c(=O)c1-c1ccc(O)cc1)C(=O)O. The summed E-state index contributed by atoms with van der Waals surface area (Å²) in [5, 5.41) is 38.0. The van der Waals surface area contributed by atoms with Gasteiger partial charge in [0.25, 0.3) is 0 Å². The first-order chi connectivity index (χ1) is 12.3. The Morgan fingerprint density at radius 2 is 1.69 bits per heavy atom. The molecule has 3 rings (SSSR count). The Kier molecular flexibility index (Phi) is 4.13. The van der Waals surface area contributed by atoms with Crippen molar-refractivity contribution >= 4 is 16.9 Å². The third kappa shape index (κ3) is 2.98. The molecule has 0 spiro atoms. The molecule has 2 aromatic carbocycles. The van der Waals surface area contributed by atoms with Crippen LogP contribution >= 0.6 is 0 Å². The quantitative estimate of drug-likeness (QED) is 0.530. The number of hydrogen-bond donors (Lipinski definition) is 4. The largest absolute Gasteiger partial charge is 0.508 e. The summed E-state index contributed by atoms with van der Waals surface area (Å²) in [6.45, 7) is 3.44. The van der Waals surface area contributed by atoms with Crippen LogP contribution in [0, 0.1) is 0 Å². The van der Waals surface area contributed by atoms with Gasteiger partial charge in [-0.2, -0.15) is 0 Å². The second-order valence-electron chi connectivity index (χ2n) is 5.70. The van der Waals surface area contributed by atoms with E-state index in [9.17, 15) is 24.9 Å². The van der Waals surface area contributed by atoms with E-state index < -0.39 is 17.1 Å². The van der Waals surface area contributed by atoms with E-state index in [-0.39, 0.29) is 45.8 Å². The van der Waals surface area contributed by atoms with Gasteiger partial charge in [-0.15, -0.1) is 0 Å². The first kappa shape index (κ1) is 17.1. The molecular formula is C19H14O7. The minimum absolute atomic E-state index is 0.0109. The van der Waals surface area contributed by atoms with Crippen molar-refractivity contribution < 1.29 is 29.6 Å². The molecule has 0 amide bonds. The van der Waals surface area contributed by atoms with Crippen LogP contribution in [-0.4, -0.2) is 26.4 Å². The van der Waals surface area contributed by atoms with Crippen molar-refractivity contribution in [3.05, 3.63) is 64.5 Å². The van der Waals surface area contributed by atoms with Crippen LogP contribution < -0.4 is 5.43 Å². The standard InChI is InChI=1S/C19H14O7/c1-9(19(24)25)6-14-16(10-2-4-11(20)5-3-10)18(23)17-13(22)7-12(21)8-15(17)26-14/h2-5,7-8,20-22H,1,6H2,(H,24,25). The van der Waals surface area contributed by atoms with Crippen molar-refractivity contribution in [1.82, 2.24) is 0 Å². The van der Waals surface area contributed by atoms with Crippen molar-refractivity contribution in [2.24, 2.45) is 0 Å². The Hall–Kier alpha value is -3.74. The van der Waals surface area contributed by atoms with Crippen molar-refractivity contribution in [2.45, 2.75) is 6.42 Å². The Balaban J connectivity index is 2.36. The number of hydrogen-bond acceptors (Lipinski definition) is 6. The highest BCUT2D eigenvalue weighted by Gasteiger charge is 2.21. The summed E-state index contributed by atoms with van der Waals surface area (Å²) in [4.78, 5) is 24.1. The molecule has 132 valence electrons. The predicted octanol–water partition coefficient (Wildman–Crippen LogP) is 2.76. The van der Waals surface area contributed by atoms with Crippen molar-refractivity contribution in [1.29, 1.82) is 0 Å². The monoisotopic (exact) mass is 354 g/mol. The van der Waals surface area contributed by atoms with Gasteiger partial charge in [-0.3, -0.25) is 4.79 Å². The number of fused-ring (bicyclic) bond motifs is 1. The van der Waals surface area contributed by atoms with Gasteiger partial charge in [0, 0.05) is 24.1 Å². The number of aliphatic carboxylic acids is 1. The Morgan fingerprint density at radius 1 is 1.04 bits per heavy atom. The molecule has 7 nitrogen and oxygen atoms in total. The summed E-state index contributed by atoms with van der Waals surface area (Å²) >= 11 is 0. The van der Waals surface area contributed by atoms with Gasteiger partial charge in [-0.25, -0.2) is 4.79 Å². The maximum Gasteiger partial charge on any atom is 0.331 e. The zero-order valence-corrected chi connectivity index (χ0v) is 13.4. The van der Waals surface area contributed by atoms with E-state index in [0.717, 1.165) is 12.1 Å². The van der Waals surface area contributed by atoms with E-state index in [4.69, 9.17) is 9.52 Å². The molecule has 0 saturated carbocycles. The van der Waals surface area contributed by atoms with Crippen molar-refractivity contribution in [3.63, 3.8) is 0 Å². The average molecular weight is 354 g/mol. The molecule has 1 aromatic heterocycles. The van der Waals surface area contributed by atoms with Crippen LogP contribution in [0.5, 0.6) is 17.2 Å². The van der Waals surface area contributed by atoms with Crippen LogP contribution in [0.4, 0.5) is 0 Å². The fourth-order valence-corrected chi connectivity index (χ4v) is 2.64. The van der Waals surface area contributed by atoms with Gasteiger partial charge in [-0.05, 0) is 17.7 Å².